The van der Waals surface area contributed by atoms with E-state index in [9.17, 15) is 14.4 Å². The van der Waals surface area contributed by atoms with E-state index in [4.69, 9.17) is 4.74 Å². The number of imide groups is 1. The number of nitrogens with zero attached hydrogens (tertiary/aromatic N) is 3. The first-order chi connectivity index (χ1) is 14.1. The number of hydrogen-bond acceptors (Lipinski definition) is 5. The second-order valence-electron chi connectivity index (χ2n) is 7.13. The minimum atomic E-state index is -0.454. The van der Waals surface area contributed by atoms with Gasteiger partial charge < -0.3 is 9.64 Å². The molecule has 0 radical (unpaired) electrons. The third kappa shape index (κ3) is 4.43. The lowest BCUT2D eigenvalue weighted by Crippen LogP contribution is -2.37. The van der Waals surface area contributed by atoms with Crippen LogP contribution >= 0.6 is 0 Å². The molecule has 3 heterocycles. The Morgan fingerprint density at radius 3 is 2.66 bits per heavy atom. The summed E-state index contributed by atoms with van der Waals surface area (Å²) in [5, 5.41) is 2.24. The van der Waals surface area contributed by atoms with Crippen LogP contribution in [0.1, 0.15) is 28.9 Å². The summed E-state index contributed by atoms with van der Waals surface area (Å²) in [5.41, 5.74) is 1.89. The molecule has 29 heavy (non-hydrogen) atoms. The van der Waals surface area contributed by atoms with Crippen molar-refractivity contribution in [1.82, 2.24) is 15.2 Å². The SMILES string of the molecule is O=C1CN(c2ccc(C(=O)N(Cc3ccccn3)CC3CCCO3)cc2)C(=O)N1. The number of benzene rings is 1. The van der Waals surface area contributed by atoms with Crippen molar-refractivity contribution in [3.8, 4) is 0 Å². The van der Waals surface area contributed by atoms with E-state index in [2.05, 4.69) is 10.3 Å². The van der Waals surface area contributed by atoms with Crippen LogP contribution in [0.2, 0.25) is 0 Å². The topological polar surface area (TPSA) is 91.8 Å². The maximum Gasteiger partial charge on any atom is 0.329 e. The Balaban J connectivity index is 1.51. The number of carbonyl (C=O) groups is 3. The van der Waals surface area contributed by atoms with E-state index < -0.39 is 6.03 Å². The fraction of sp³-hybridized carbons (Fsp3) is 0.333. The first-order valence-electron chi connectivity index (χ1n) is 9.62. The molecule has 1 atom stereocenters. The van der Waals surface area contributed by atoms with Crippen LogP contribution in [0.3, 0.4) is 0 Å². The Labute approximate surface area is 168 Å². The van der Waals surface area contributed by atoms with Gasteiger partial charge >= 0.3 is 6.03 Å². The average molecular weight is 394 g/mol. The maximum atomic E-state index is 13.2. The van der Waals surface area contributed by atoms with Crippen molar-refractivity contribution >= 4 is 23.5 Å². The third-order valence-electron chi connectivity index (χ3n) is 5.03. The van der Waals surface area contributed by atoms with Crippen LogP contribution < -0.4 is 10.2 Å². The molecule has 0 bridgehead atoms. The number of amides is 4. The quantitative estimate of drug-likeness (QED) is 0.757. The van der Waals surface area contributed by atoms with Crippen molar-refractivity contribution in [2.45, 2.75) is 25.5 Å². The highest BCUT2D eigenvalue weighted by atomic mass is 16.5. The second-order valence-corrected chi connectivity index (χ2v) is 7.13. The van der Waals surface area contributed by atoms with Crippen LogP contribution in [0.25, 0.3) is 0 Å². The first-order valence-corrected chi connectivity index (χ1v) is 9.62. The predicted molar refractivity (Wildman–Crippen MR) is 105 cm³/mol. The summed E-state index contributed by atoms with van der Waals surface area (Å²) in [7, 11) is 0. The highest BCUT2D eigenvalue weighted by molar-refractivity contribution is 6.12. The molecule has 1 unspecified atom stereocenters. The summed E-state index contributed by atoms with van der Waals surface area (Å²) < 4.78 is 5.72. The zero-order chi connectivity index (χ0) is 20.2. The number of urea groups is 1. The van der Waals surface area contributed by atoms with Gasteiger partial charge in [0, 0.05) is 30.6 Å². The molecular weight excluding hydrogens is 372 g/mol. The molecule has 0 spiro atoms. The Kier molecular flexibility index (Phi) is 5.53. The van der Waals surface area contributed by atoms with Crippen molar-refractivity contribution < 1.29 is 19.1 Å². The van der Waals surface area contributed by atoms with Gasteiger partial charge in [-0.3, -0.25) is 24.8 Å². The Bertz CT molecular complexity index is 895. The fourth-order valence-corrected chi connectivity index (χ4v) is 3.56. The molecule has 8 heteroatoms. The standard InChI is InChI=1S/C21H22N4O4/c26-19-14-25(21(28)23-19)17-8-6-15(7-9-17)20(27)24(13-18-5-3-11-29-18)12-16-4-1-2-10-22-16/h1-2,4,6-10,18H,3,5,11-14H2,(H,23,26,28). The normalized spacial score (nSPS) is 18.8. The van der Waals surface area contributed by atoms with Gasteiger partial charge in [0.15, 0.2) is 0 Å². The minimum absolute atomic E-state index is 0.0169. The lowest BCUT2D eigenvalue weighted by molar-refractivity contribution is -0.117. The van der Waals surface area contributed by atoms with Gasteiger partial charge in [0.05, 0.1) is 18.3 Å². The van der Waals surface area contributed by atoms with Crippen molar-refractivity contribution in [3.63, 3.8) is 0 Å². The number of anilines is 1. The second kappa shape index (κ2) is 8.40. The van der Waals surface area contributed by atoms with Crippen LogP contribution in [0.4, 0.5) is 10.5 Å². The highest BCUT2D eigenvalue weighted by Crippen LogP contribution is 2.20. The van der Waals surface area contributed by atoms with Crippen LogP contribution in [-0.4, -0.2) is 53.5 Å². The summed E-state index contributed by atoms with van der Waals surface area (Å²) in [6, 6.07) is 11.9. The van der Waals surface area contributed by atoms with Gasteiger partial charge in [-0.05, 0) is 49.2 Å². The monoisotopic (exact) mass is 394 g/mol. The molecule has 1 aromatic carbocycles. The average Bonchev–Trinajstić information content (AvgIpc) is 3.37. The summed E-state index contributed by atoms with van der Waals surface area (Å²) in [5.74, 6) is -0.465. The number of nitrogens with one attached hydrogen (secondary N) is 1. The molecule has 4 rings (SSSR count). The van der Waals surface area contributed by atoms with E-state index in [1.54, 1.807) is 35.4 Å². The van der Waals surface area contributed by atoms with Gasteiger partial charge in [0.25, 0.3) is 5.91 Å². The summed E-state index contributed by atoms with van der Waals surface area (Å²) in [6.45, 7) is 1.60. The van der Waals surface area contributed by atoms with Crippen molar-refractivity contribution in [2.24, 2.45) is 0 Å². The molecule has 2 saturated heterocycles. The van der Waals surface area contributed by atoms with Gasteiger partial charge in [-0.15, -0.1) is 0 Å². The zero-order valence-corrected chi connectivity index (χ0v) is 15.9. The van der Waals surface area contributed by atoms with Crippen LogP contribution in [0.15, 0.2) is 48.7 Å². The fourth-order valence-electron chi connectivity index (χ4n) is 3.56. The number of hydrogen-bond donors (Lipinski definition) is 1. The molecule has 2 aliphatic heterocycles. The van der Waals surface area contributed by atoms with Gasteiger partial charge in [-0.2, -0.15) is 0 Å². The van der Waals surface area contributed by atoms with E-state index in [1.165, 1.54) is 4.90 Å². The molecule has 150 valence electrons. The van der Waals surface area contributed by atoms with Crippen LogP contribution in [-0.2, 0) is 16.1 Å². The number of ether oxygens (including phenoxy) is 1. The van der Waals surface area contributed by atoms with Crippen molar-refractivity contribution in [1.29, 1.82) is 0 Å². The molecule has 2 fully saturated rings. The molecule has 4 amide bonds. The number of carbonyl (C=O) groups excluding carboxylic acids is 3. The molecule has 1 N–H and O–H groups in total. The minimum Gasteiger partial charge on any atom is -0.376 e. The van der Waals surface area contributed by atoms with E-state index in [1.807, 2.05) is 18.2 Å². The van der Waals surface area contributed by atoms with E-state index >= 15 is 0 Å². The third-order valence-corrected chi connectivity index (χ3v) is 5.03. The molecule has 2 aromatic rings. The first kappa shape index (κ1) is 19.1. The Morgan fingerprint density at radius 1 is 1.21 bits per heavy atom. The van der Waals surface area contributed by atoms with Crippen molar-refractivity contribution in [3.05, 3.63) is 59.9 Å². The number of rotatable bonds is 6. The largest absolute Gasteiger partial charge is 0.376 e. The highest BCUT2D eigenvalue weighted by Gasteiger charge is 2.28. The summed E-state index contributed by atoms with van der Waals surface area (Å²) in [4.78, 5) is 43.8. The van der Waals surface area contributed by atoms with Gasteiger partial charge in [0.2, 0.25) is 5.91 Å². The van der Waals surface area contributed by atoms with Crippen LogP contribution in [0.5, 0.6) is 0 Å². The molecular formula is C21H22N4O4. The van der Waals surface area contributed by atoms with Crippen molar-refractivity contribution in [2.75, 3.05) is 24.6 Å². The molecule has 8 nitrogen and oxygen atoms in total. The van der Waals surface area contributed by atoms with E-state index in [0.29, 0.717) is 24.3 Å². The molecule has 1 aromatic heterocycles. The van der Waals surface area contributed by atoms with Gasteiger partial charge in [-0.25, -0.2) is 4.79 Å². The summed E-state index contributed by atoms with van der Waals surface area (Å²) >= 11 is 0. The van der Waals surface area contributed by atoms with Gasteiger partial charge in [-0.1, -0.05) is 6.07 Å². The molecule has 0 aliphatic carbocycles. The van der Waals surface area contributed by atoms with Gasteiger partial charge in [0.1, 0.15) is 6.54 Å². The summed E-state index contributed by atoms with van der Waals surface area (Å²) in [6.07, 6.45) is 3.67. The number of aromatic nitrogens is 1. The number of pyridine rings is 1. The molecule has 0 saturated carbocycles. The lowest BCUT2D eigenvalue weighted by atomic mass is 10.1. The van der Waals surface area contributed by atoms with E-state index in [0.717, 1.165) is 25.1 Å². The van der Waals surface area contributed by atoms with Crippen LogP contribution in [0, 0.1) is 0 Å². The van der Waals surface area contributed by atoms with E-state index in [-0.39, 0.29) is 24.5 Å². The lowest BCUT2D eigenvalue weighted by Gasteiger charge is -2.25. The zero-order valence-electron chi connectivity index (χ0n) is 15.9. The maximum absolute atomic E-state index is 13.2. The predicted octanol–water partition coefficient (Wildman–Crippen LogP) is 1.96. The Morgan fingerprint density at radius 2 is 2.03 bits per heavy atom. The Hall–Kier alpha value is -3.26. The smallest absolute Gasteiger partial charge is 0.329 e. The molecule has 2 aliphatic rings.